The first kappa shape index (κ1) is 25.7. The SMILES string of the molecule is COc1ccc(S(=O)(=O)C(CCCN2C(=O)c3ccccc3C2=O)CC(=O)O)cc1OC1CCCC1. The monoisotopic (exact) mass is 515 g/mol. The Labute approximate surface area is 209 Å². The molecule has 1 fully saturated rings. The summed E-state index contributed by atoms with van der Waals surface area (Å²) in [7, 11) is -2.59. The molecule has 2 amide bonds. The minimum Gasteiger partial charge on any atom is -0.493 e. The Hall–Kier alpha value is -3.40. The lowest BCUT2D eigenvalue weighted by Gasteiger charge is -2.20. The maximum absolute atomic E-state index is 13.5. The summed E-state index contributed by atoms with van der Waals surface area (Å²) in [6.45, 7) is -0.00333. The predicted octanol–water partition coefficient (Wildman–Crippen LogP) is 3.71. The van der Waals surface area contributed by atoms with Gasteiger partial charge in [0.2, 0.25) is 0 Å². The number of rotatable bonds is 11. The summed E-state index contributed by atoms with van der Waals surface area (Å²) in [4.78, 5) is 37.7. The highest BCUT2D eigenvalue weighted by Crippen LogP contribution is 2.35. The largest absolute Gasteiger partial charge is 0.493 e. The van der Waals surface area contributed by atoms with Crippen LogP contribution in [0.2, 0.25) is 0 Å². The molecule has 0 aromatic heterocycles. The molecular weight excluding hydrogens is 486 g/mol. The molecule has 1 atom stereocenters. The number of carbonyl (C=O) groups is 3. The van der Waals surface area contributed by atoms with E-state index in [4.69, 9.17) is 9.47 Å². The van der Waals surface area contributed by atoms with Crippen LogP contribution in [0.3, 0.4) is 0 Å². The minimum absolute atomic E-state index is 0.00333. The van der Waals surface area contributed by atoms with E-state index in [-0.39, 0.29) is 30.4 Å². The van der Waals surface area contributed by atoms with Crippen molar-refractivity contribution in [2.75, 3.05) is 13.7 Å². The van der Waals surface area contributed by atoms with Gasteiger partial charge in [-0.3, -0.25) is 19.3 Å². The van der Waals surface area contributed by atoms with Crippen LogP contribution < -0.4 is 9.47 Å². The van der Waals surface area contributed by atoms with Gasteiger partial charge in [0.05, 0.1) is 40.9 Å². The first-order valence-corrected chi connectivity index (χ1v) is 13.5. The topological polar surface area (TPSA) is 127 Å². The van der Waals surface area contributed by atoms with Crippen molar-refractivity contribution >= 4 is 27.6 Å². The average molecular weight is 516 g/mol. The second-order valence-electron chi connectivity index (χ2n) is 9.05. The number of benzene rings is 2. The van der Waals surface area contributed by atoms with Gasteiger partial charge >= 0.3 is 5.97 Å². The van der Waals surface area contributed by atoms with E-state index in [0.29, 0.717) is 22.6 Å². The number of nitrogens with zero attached hydrogens (tertiary/aromatic N) is 1. The molecular formula is C26H29NO8S. The Balaban J connectivity index is 1.50. The van der Waals surface area contributed by atoms with Crippen LogP contribution in [-0.2, 0) is 14.6 Å². The summed E-state index contributed by atoms with van der Waals surface area (Å²) in [5.41, 5.74) is 0.621. The molecule has 1 N–H and O–H groups in total. The number of carboxylic acid groups (broad SMARTS) is 1. The van der Waals surface area contributed by atoms with Crippen molar-refractivity contribution in [1.29, 1.82) is 0 Å². The van der Waals surface area contributed by atoms with Gasteiger partial charge in [-0.1, -0.05) is 12.1 Å². The summed E-state index contributed by atoms with van der Waals surface area (Å²) in [6, 6.07) is 10.8. The number of methoxy groups -OCH3 is 1. The highest BCUT2D eigenvalue weighted by atomic mass is 32.2. The first-order valence-electron chi connectivity index (χ1n) is 12.0. The molecule has 0 bridgehead atoms. The molecule has 10 heteroatoms. The van der Waals surface area contributed by atoms with Crippen molar-refractivity contribution in [2.24, 2.45) is 0 Å². The lowest BCUT2D eigenvalue weighted by Crippen LogP contribution is -2.32. The van der Waals surface area contributed by atoms with Crippen LogP contribution in [-0.4, -0.2) is 61.2 Å². The Bertz CT molecular complexity index is 1230. The zero-order chi connectivity index (χ0) is 25.9. The van der Waals surface area contributed by atoms with Crippen LogP contribution >= 0.6 is 0 Å². The van der Waals surface area contributed by atoms with E-state index < -0.39 is 39.3 Å². The Kier molecular flexibility index (Phi) is 7.63. The molecule has 0 saturated heterocycles. The second-order valence-corrected chi connectivity index (χ2v) is 11.3. The number of amides is 2. The molecule has 9 nitrogen and oxygen atoms in total. The van der Waals surface area contributed by atoms with E-state index in [9.17, 15) is 27.9 Å². The zero-order valence-corrected chi connectivity index (χ0v) is 20.8. The van der Waals surface area contributed by atoms with Gasteiger partial charge in [0.25, 0.3) is 11.8 Å². The van der Waals surface area contributed by atoms with Crippen LogP contribution in [0.15, 0.2) is 47.4 Å². The summed E-state index contributed by atoms with van der Waals surface area (Å²) in [5.74, 6) is -1.40. The van der Waals surface area contributed by atoms with E-state index >= 15 is 0 Å². The highest BCUT2D eigenvalue weighted by Gasteiger charge is 2.36. The van der Waals surface area contributed by atoms with Crippen molar-refractivity contribution < 1.29 is 37.4 Å². The van der Waals surface area contributed by atoms with E-state index in [0.717, 1.165) is 30.6 Å². The second kappa shape index (κ2) is 10.7. The van der Waals surface area contributed by atoms with Crippen molar-refractivity contribution in [3.63, 3.8) is 0 Å². The van der Waals surface area contributed by atoms with Crippen molar-refractivity contribution in [3.8, 4) is 11.5 Å². The third-order valence-corrected chi connectivity index (χ3v) is 8.88. The lowest BCUT2D eigenvalue weighted by molar-refractivity contribution is -0.137. The number of ether oxygens (including phenoxy) is 2. The molecule has 0 radical (unpaired) electrons. The van der Waals surface area contributed by atoms with Crippen LogP contribution in [0.4, 0.5) is 0 Å². The van der Waals surface area contributed by atoms with Gasteiger partial charge in [-0.05, 0) is 62.8 Å². The fraction of sp³-hybridized carbons (Fsp3) is 0.423. The third-order valence-electron chi connectivity index (χ3n) is 6.69. The van der Waals surface area contributed by atoms with Crippen LogP contribution in [0.5, 0.6) is 11.5 Å². The molecule has 2 aromatic rings. The highest BCUT2D eigenvalue weighted by molar-refractivity contribution is 7.92. The van der Waals surface area contributed by atoms with Gasteiger partial charge in [-0.15, -0.1) is 0 Å². The molecule has 2 aliphatic rings. The normalized spacial score (nSPS) is 16.8. The number of carboxylic acids is 1. The summed E-state index contributed by atoms with van der Waals surface area (Å²) in [5, 5.41) is 8.17. The molecule has 1 heterocycles. The Morgan fingerprint density at radius 1 is 1.06 bits per heavy atom. The fourth-order valence-electron chi connectivity index (χ4n) is 4.79. The molecule has 1 aliphatic carbocycles. The Morgan fingerprint density at radius 3 is 2.28 bits per heavy atom. The summed E-state index contributed by atoms with van der Waals surface area (Å²) in [6.07, 6.45) is 3.31. The van der Waals surface area contributed by atoms with Gasteiger partial charge in [-0.2, -0.15) is 0 Å². The average Bonchev–Trinajstić information content (AvgIpc) is 3.45. The lowest BCUT2D eigenvalue weighted by atomic mass is 10.1. The van der Waals surface area contributed by atoms with Gasteiger partial charge in [0.1, 0.15) is 0 Å². The molecule has 0 spiro atoms. The van der Waals surface area contributed by atoms with E-state index in [1.807, 2.05) is 0 Å². The van der Waals surface area contributed by atoms with Gasteiger partial charge in [-0.25, -0.2) is 8.42 Å². The van der Waals surface area contributed by atoms with Gasteiger partial charge in [0.15, 0.2) is 21.3 Å². The van der Waals surface area contributed by atoms with Crippen LogP contribution in [0.25, 0.3) is 0 Å². The van der Waals surface area contributed by atoms with E-state index in [1.165, 1.54) is 25.3 Å². The third kappa shape index (κ3) is 5.23. The van der Waals surface area contributed by atoms with Crippen molar-refractivity contribution in [3.05, 3.63) is 53.6 Å². The van der Waals surface area contributed by atoms with Gasteiger partial charge in [0, 0.05) is 12.6 Å². The molecule has 36 heavy (non-hydrogen) atoms. The molecule has 192 valence electrons. The maximum Gasteiger partial charge on any atom is 0.304 e. The Morgan fingerprint density at radius 2 is 1.69 bits per heavy atom. The van der Waals surface area contributed by atoms with E-state index in [1.54, 1.807) is 24.3 Å². The quantitative estimate of drug-likeness (QED) is 0.449. The van der Waals surface area contributed by atoms with Crippen LogP contribution in [0.1, 0.15) is 65.7 Å². The predicted molar refractivity (Wildman–Crippen MR) is 130 cm³/mol. The number of imide groups is 1. The molecule has 4 rings (SSSR count). The van der Waals surface area contributed by atoms with Gasteiger partial charge < -0.3 is 14.6 Å². The molecule has 2 aromatic carbocycles. The number of fused-ring (bicyclic) bond motifs is 1. The summed E-state index contributed by atoms with van der Waals surface area (Å²) < 4.78 is 38.3. The molecule has 1 saturated carbocycles. The number of hydrogen-bond acceptors (Lipinski definition) is 7. The zero-order valence-electron chi connectivity index (χ0n) is 20.0. The molecule has 1 aliphatic heterocycles. The van der Waals surface area contributed by atoms with Crippen LogP contribution in [0, 0.1) is 0 Å². The number of aliphatic carboxylic acids is 1. The smallest absolute Gasteiger partial charge is 0.304 e. The molecule has 1 unspecified atom stereocenters. The first-order chi connectivity index (χ1) is 17.2. The standard InChI is InChI=1S/C26H29NO8S/c1-34-22-13-12-19(15-23(22)35-17-7-2-3-8-17)36(32,33)18(16-24(28)29)9-6-14-27-25(30)20-10-4-5-11-21(20)26(27)31/h4-5,10-13,15,17-18H,2-3,6-9,14,16H2,1H3,(H,28,29). The van der Waals surface area contributed by atoms with Crippen molar-refractivity contribution in [2.45, 2.75) is 61.2 Å². The maximum atomic E-state index is 13.5. The fourth-order valence-corrected chi connectivity index (χ4v) is 6.54. The number of hydrogen-bond donors (Lipinski definition) is 1. The van der Waals surface area contributed by atoms with Crippen molar-refractivity contribution in [1.82, 2.24) is 4.90 Å². The summed E-state index contributed by atoms with van der Waals surface area (Å²) >= 11 is 0. The minimum atomic E-state index is -4.06. The number of sulfone groups is 1. The van der Waals surface area contributed by atoms with E-state index in [2.05, 4.69) is 0 Å². The number of carbonyl (C=O) groups excluding carboxylic acids is 2.